The molecule has 1 saturated heterocycles. The van der Waals surface area contributed by atoms with Crippen LogP contribution in [0.2, 0.25) is 0 Å². The highest BCUT2D eigenvalue weighted by Gasteiger charge is 2.61. The van der Waals surface area contributed by atoms with Crippen LogP contribution in [0.25, 0.3) is 5.65 Å². The highest BCUT2D eigenvalue weighted by molar-refractivity contribution is 5.60. The summed E-state index contributed by atoms with van der Waals surface area (Å²) in [6.45, 7) is -1.27. The normalized spacial score (nSPS) is 31.3. The van der Waals surface area contributed by atoms with Gasteiger partial charge in [-0.1, -0.05) is 0 Å². The summed E-state index contributed by atoms with van der Waals surface area (Å²) in [7, 11) is 0. The zero-order valence-corrected chi connectivity index (χ0v) is 11.5. The molecule has 3 rings (SSSR count). The van der Waals surface area contributed by atoms with Crippen molar-refractivity contribution in [2.45, 2.75) is 30.4 Å². The topological polar surface area (TPSA) is 145 Å². The van der Waals surface area contributed by atoms with Gasteiger partial charge in [0, 0.05) is 0 Å². The molecule has 1 aliphatic rings. The van der Waals surface area contributed by atoms with Crippen LogP contribution in [-0.2, 0) is 4.74 Å². The second kappa shape index (κ2) is 5.18. The van der Waals surface area contributed by atoms with E-state index in [1.807, 2.05) is 0 Å². The Morgan fingerprint density at radius 1 is 1.43 bits per heavy atom. The molecule has 23 heavy (non-hydrogen) atoms. The molecular formula is C11H13F3N6O3. The van der Waals surface area contributed by atoms with E-state index in [-0.39, 0.29) is 23.1 Å². The number of rotatable bonds is 3. The molecule has 2 aromatic rings. The summed E-state index contributed by atoms with van der Waals surface area (Å²) in [5.74, 6) is -0.342. The molecule has 3 heterocycles. The number of hydrogen-bond donors (Lipinski definition) is 4. The second-order valence-corrected chi connectivity index (χ2v) is 5.12. The Kier molecular flexibility index (Phi) is 3.54. The van der Waals surface area contributed by atoms with E-state index in [2.05, 4.69) is 15.1 Å². The maximum absolute atomic E-state index is 14.3. The maximum Gasteiger partial charge on any atom is 0.272 e. The van der Waals surface area contributed by atoms with Gasteiger partial charge in [0.25, 0.3) is 6.43 Å². The standard InChI is InChI=1S/C11H13F3N6O3/c12-4-5(23-11(2-21,6(4)22)9(13)14)3-1-17-8-7(15)18-10(16)19-20(3)8/h1,4-6,9,21-22H,2H2,(H4,15,16,18,19)/t4-,5-,6-,11+/m0/s1. The van der Waals surface area contributed by atoms with Crippen LogP contribution >= 0.6 is 0 Å². The molecule has 0 unspecified atom stereocenters. The van der Waals surface area contributed by atoms with E-state index in [4.69, 9.17) is 16.2 Å². The van der Waals surface area contributed by atoms with Crippen molar-refractivity contribution in [2.75, 3.05) is 18.1 Å². The molecule has 0 aliphatic carbocycles. The van der Waals surface area contributed by atoms with Crippen molar-refractivity contribution in [3.63, 3.8) is 0 Å². The van der Waals surface area contributed by atoms with Crippen LogP contribution in [0.3, 0.4) is 0 Å². The fourth-order valence-electron chi connectivity index (χ4n) is 2.54. The van der Waals surface area contributed by atoms with Crippen LogP contribution in [-0.4, -0.2) is 60.7 Å². The van der Waals surface area contributed by atoms with Gasteiger partial charge in [0.05, 0.1) is 18.5 Å². The average Bonchev–Trinajstić information content (AvgIpc) is 3.01. The molecule has 4 atom stereocenters. The minimum absolute atomic E-state index is 0.0260. The molecule has 6 N–H and O–H groups in total. The predicted octanol–water partition coefficient (Wildman–Crippen LogP) is -0.945. The number of nitrogens with two attached hydrogens (primary N) is 2. The molecule has 0 aromatic carbocycles. The Labute approximate surface area is 126 Å². The lowest BCUT2D eigenvalue weighted by molar-refractivity contribution is -0.186. The van der Waals surface area contributed by atoms with Gasteiger partial charge < -0.3 is 26.4 Å². The molecule has 0 radical (unpaired) electrons. The van der Waals surface area contributed by atoms with Crippen LogP contribution in [0.5, 0.6) is 0 Å². The summed E-state index contributed by atoms with van der Waals surface area (Å²) >= 11 is 0. The van der Waals surface area contributed by atoms with E-state index >= 15 is 0 Å². The summed E-state index contributed by atoms with van der Waals surface area (Å²) < 4.78 is 46.7. The largest absolute Gasteiger partial charge is 0.393 e. The monoisotopic (exact) mass is 334 g/mol. The van der Waals surface area contributed by atoms with Gasteiger partial charge in [0.1, 0.15) is 12.2 Å². The zero-order chi connectivity index (χ0) is 16.9. The van der Waals surface area contributed by atoms with Gasteiger partial charge >= 0.3 is 0 Å². The fraction of sp³-hybridized carbons (Fsp3) is 0.545. The molecule has 0 amide bonds. The number of aromatic nitrogens is 4. The first-order valence-electron chi connectivity index (χ1n) is 6.47. The van der Waals surface area contributed by atoms with E-state index in [9.17, 15) is 23.4 Å². The van der Waals surface area contributed by atoms with Crippen LogP contribution in [0.4, 0.5) is 24.9 Å². The minimum atomic E-state index is -3.31. The van der Waals surface area contributed by atoms with Crippen molar-refractivity contribution in [2.24, 2.45) is 0 Å². The maximum atomic E-state index is 14.3. The second-order valence-electron chi connectivity index (χ2n) is 5.12. The zero-order valence-electron chi connectivity index (χ0n) is 11.5. The molecule has 0 bridgehead atoms. The number of imidazole rings is 1. The number of aliphatic hydroxyl groups excluding tert-OH is 2. The number of nitrogen functional groups attached to an aromatic ring is 2. The van der Waals surface area contributed by atoms with Crippen LogP contribution in [0, 0.1) is 0 Å². The Morgan fingerprint density at radius 2 is 2.13 bits per heavy atom. The first-order valence-corrected chi connectivity index (χ1v) is 6.47. The molecule has 126 valence electrons. The summed E-state index contributed by atoms with van der Waals surface area (Å²) in [4.78, 5) is 7.53. The van der Waals surface area contributed by atoms with Crippen molar-refractivity contribution in [3.8, 4) is 0 Å². The number of hydrogen-bond acceptors (Lipinski definition) is 8. The molecule has 1 aliphatic heterocycles. The molecule has 9 nitrogen and oxygen atoms in total. The Bertz CT molecular complexity index is 743. The van der Waals surface area contributed by atoms with Gasteiger partial charge in [-0.05, 0) is 0 Å². The number of nitrogens with zero attached hydrogens (tertiary/aromatic N) is 4. The Balaban J connectivity index is 2.09. The van der Waals surface area contributed by atoms with E-state index in [1.165, 1.54) is 0 Å². The molecule has 2 aromatic heterocycles. The van der Waals surface area contributed by atoms with Crippen LogP contribution in [0.15, 0.2) is 6.20 Å². The number of ether oxygens (including phenoxy) is 1. The average molecular weight is 334 g/mol. The first kappa shape index (κ1) is 15.7. The summed E-state index contributed by atoms with van der Waals surface area (Å²) in [5, 5.41) is 22.7. The minimum Gasteiger partial charge on any atom is -0.393 e. The number of anilines is 2. The molecule has 0 saturated carbocycles. The number of halogens is 3. The Hall–Kier alpha value is -2.18. The summed E-state index contributed by atoms with van der Waals surface area (Å²) in [6, 6.07) is 0. The van der Waals surface area contributed by atoms with Gasteiger partial charge in [0.15, 0.2) is 23.2 Å². The number of alkyl halides is 3. The van der Waals surface area contributed by atoms with Gasteiger partial charge in [-0.3, -0.25) is 0 Å². The molecular weight excluding hydrogens is 321 g/mol. The Morgan fingerprint density at radius 3 is 2.70 bits per heavy atom. The smallest absolute Gasteiger partial charge is 0.272 e. The summed E-state index contributed by atoms with van der Waals surface area (Å²) in [5.41, 5.74) is 8.24. The van der Waals surface area contributed by atoms with Gasteiger partial charge in [-0.15, -0.1) is 5.10 Å². The van der Waals surface area contributed by atoms with Gasteiger partial charge in [-0.25, -0.2) is 22.7 Å². The predicted molar refractivity (Wildman–Crippen MR) is 70.2 cm³/mol. The van der Waals surface area contributed by atoms with E-state index in [1.54, 1.807) is 0 Å². The SMILES string of the molecule is Nc1nc(N)c2ncc([C@@H]3O[C@@](CO)(C(F)F)[C@@H](O)[C@H]3F)n2n1. The fourth-order valence-corrected chi connectivity index (χ4v) is 2.54. The van der Waals surface area contributed by atoms with E-state index in [0.717, 1.165) is 10.7 Å². The van der Waals surface area contributed by atoms with Crippen LogP contribution < -0.4 is 11.5 Å². The third-order valence-corrected chi connectivity index (χ3v) is 3.78. The van der Waals surface area contributed by atoms with E-state index < -0.39 is 37.0 Å². The quantitative estimate of drug-likeness (QED) is 0.562. The highest BCUT2D eigenvalue weighted by Crippen LogP contribution is 2.44. The van der Waals surface area contributed by atoms with Crippen molar-refractivity contribution in [3.05, 3.63) is 11.9 Å². The van der Waals surface area contributed by atoms with Gasteiger partial charge in [0.2, 0.25) is 5.95 Å². The van der Waals surface area contributed by atoms with Gasteiger partial charge in [-0.2, -0.15) is 4.98 Å². The highest BCUT2D eigenvalue weighted by atomic mass is 19.3. The lowest BCUT2D eigenvalue weighted by atomic mass is 9.96. The van der Waals surface area contributed by atoms with E-state index in [0.29, 0.717) is 0 Å². The summed E-state index contributed by atoms with van der Waals surface area (Å²) in [6.07, 6.45) is -8.33. The third kappa shape index (κ3) is 2.09. The van der Waals surface area contributed by atoms with Crippen molar-refractivity contribution < 1.29 is 28.1 Å². The third-order valence-electron chi connectivity index (χ3n) is 3.78. The van der Waals surface area contributed by atoms with Crippen LogP contribution in [0.1, 0.15) is 11.8 Å². The molecule has 1 fully saturated rings. The number of aliphatic hydroxyl groups is 2. The van der Waals surface area contributed by atoms with Crippen molar-refractivity contribution in [1.29, 1.82) is 0 Å². The van der Waals surface area contributed by atoms with Crippen molar-refractivity contribution in [1.82, 2.24) is 19.6 Å². The van der Waals surface area contributed by atoms with Crippen molar-refractivity contribution >= 4 is 17.4 Å². The molecule has 0 spiro atoms. The molecule has 12 heteroatoms. The first-order chi connectivity index (χ1) is 10.8. The lowest BCUT2D eigenvalue weighted by Gasteiger charge is -2.28. The lowest BCUT2D eigenvalue weighted by Crippen LogP contribution is -2.51. The number of fused-ring (bicyclic) bond motifs is 1.